The molecule has 518 valence electrons. The number of aromatic nitrogens is 8. The second-order valence-electron chi connectivity index (χ2n) is 30.3. The van der Waals surface area contributed by atoms with E-state index < -0.39 is 0 Å². The van der Waals surface area contributed by atoms with Crippen LogP contribution in [0.2, 0.25) is 0 Å². The molecular weight excluding hydrogens is 1470 g/mol. The Morgan fingerprint density at radius 2 is 0.762 bits per heavy atom. The van der Waals surface area contributed by atoms with E-state index >= 15 is 0 Å². The van der Waals surface area contributed by atoms with Crippen LogP contribution in [0.4, 0.5) is 0 Å². The molecule has 0 aliphatic heterocycles. The molecule has 8 aliphatic rings. The van der Waals surface area contributed by atoms with Gasteiger partial charge in [-0.2, -0.15) is 0 Å². The van der Waals surface area contributed by atoms with E-state index in [1.54, 1.807) is 6.07 Å². The maximum Gasteiger partial charge on any atom is 0.137 e. The van der Waals surface area contributed by atoms with Gasteiger partial charge in [-0.25, -0.2) is 19.9 Å². The number of alkyl halides is 1. The van der Waals surface area contributed by atoms with Gasteiger partial charge in [0.25, 0.3) is 0 Å². The molecule has 8 saturated carbocycles. The van der Waals surface area contributed by atoms with Crippen LogP contribution in [-0.2, 0) is 10.8 Å². The molecule has 0 atom stereocenters. The number of fused-ring (bicyclic) bond motifs is 8. The monoisotopic (exact) mass is 1550 g/mol. The topological polar surface area (TPSA) is 101 Å². The van der Waals surface area contributed by atoms with Crippen LogP contribution in [-0.4, -0.2) is 48.2 Å². The molecule has 0 unspecified atom stereocenters. The predicted molar refractivity (Wildman–Crippen MR) is 437 cm³/mol. The molecule has 6 aromatic heterocycles. The normalized spacial score (nSPS) is 23.1. The van der Waals surface area contributed by atoms with Gasteiger partial charge in [0, 0.05) is 73.1 Å². The van der Waals surface area contributed by atoms with Crippen LogP contribution < -0.4 is 4.74 Å². The number of halogens is 2. The van der Waals surface area contributed by atoms with Crippen LogP contribution in [0.1, 0.15) is 86.5 Å². The number of hydrogen-bond acceptors (Lipinski definition) is 6. The van der Waals surface area contributed by atoms with Crippen molar-refractivity contribution in [3.63, 3.8) is 0 Å². The van der Waals surface area contributed by atoms with Gasteiger partial charge in [0.1, 0.15) is 41.5 Å². The summed E-state index contributed by atoms with van der Waals surface area (Å²) in [5.74, 6) is 10.1. The molecule has 1 N–H and O–H groups in total. The summed E-state index contributed by atoms with van der Waals surface area (Å²) >= 11 is 5.63. The predicted octanol–water partition coefficient (Wildman–Crippen LogP) is 23.5. The van der Waals surface area contributed by atoms with Crippen LogP contribution in [0.25, 0.3) is 88.7 Å². The molecule has 0 spiro atoms. The molecule has 8 bridgehead atoms. The SMILES string of the molecule is Brc1cccc(-n2cnc3ccccc32)c1.CI.Oc1ccc2c3ccccc3n(-c3cc(C4(c5ccccc5)C5CC6CC(C5)CC4C6)ccn3)c2c1.c1ccc(C2(c3ccnc(-n4c5ccccc5c5ccc(Oc6cccc(-n7cnc8ccccc87)c6)cc54)c3)C3CC4CC(C3)CC2C4)cc1. The third-order valence-electron chi connectivity index (χ3n) is 24.9. The Bertz CT molecular complexity index is 5860. The van der Waals surface area contributed by atoms with E-state index in [1.807, 2.05) is 96.6 Å². The second kappa shape index (κ2) is 27.1. The minimum absolute atomic E-state index is 0.0188. The molecule has 8 aliphatic carbocycles. The summed E-state index contributed by atoms with van der Waals surface area (Å²) in [4.78, 5) is 21.0. The summed E-state index contributed by atoms with van der Waals surface area (Å²) in [5.41, 5.74) is 16.6. The third-order valence-corrected chi connectivity index (χ3v) is 25.4. The maximum atomic E-state index is 10.4. The molecule has 0 radical (unpaired) electrons. The summed E-state index contributed by atoms with van der Waals surface area (Å²) in [5, 5.41) is 15.1. The lowest BCUT2D eigenvalue weighted by molar-refractivity contribution is -0.0418. The van der Waals surface area contributed by atoms with Gasteiger partial charge in [-0.3, -0.25) is 18.3 Å². The second-order valence-corrected chi connectivity index (χ2v) is 31.2. The van der Waals surface area contributed by atoms with Gasteiger partial charge in [-0.05, 0) is 254 Å². The van der Waals surface area contributed by atoms with Crippen molar-refractivity contribution in [1.29, 1.82) is 0 Å². The number of phenolic OH excluding ortho intramolecular Hbond substituents is 1. The van der Waals surface area contributed by atoms with Gasteiger partial charge in [0.05, 0.1) is 49.8 Å². The molecule has 10 aromatic carbocycles. The zero-order valence-electron chi connectivity index (χ0n) is 58.6. The number of nitrogens with zero attached hydrogens (tertiary/aromatic N) is 8. The number of ether oxygens (including phenoxy) is 1. The number of rotatable bonds is 10. The van der Waals surface area contributed by atoms with Gasteiger partial charge in [0.15, 0.2) is 0 Å². The fourth-order valence-corrected chi connectivity index (χ4v) is 21.7. The Hall–Kier alpha value is -10.2. The first-order valence-electron chi connectivity index (χ1n) is 37.3. The van der Waals surface area contributed by atoms with E-state index in [0.29, 0.717) is 23.7 Å². The van der Waals surface area contributed by atoms with Gasteiger partial charge in [-0.15, -0.1) is 0 Å². The minimum atomic E-state index is 0.0188. The van der Waals surface area contributed by atoms with Crippen molar-refractivity contribution in [3.05, 3.63) is 319 Å². The largest absolute Gasteiger partial charge is 0.508 e. The van der Waals surface area contributed by atoms with E-state index in [2.05, 4.69) is 261 Å². The fraction of sp³-hybridized carbons (Fsp3) is 0.226. The average molecular weight is 1550 g/mol. The van der Waals surface area contributed by atoms with Crippen LogP contribution in [0.3, 0.4) is 0 Å². The van der Waals surface area contributed by atoms with E-state index in [9.17, 15) is 5.11 Å². The maximum absolute atomic E-state index is 10.4. The Morgan fingerprint density at radius 3 is 1.26 bits per heavy atom. The highest BCUT2D eigenvalue weighted by Gasteiger charge is 2.60. The highest BCUT2D eigenvalue weighted by atomic mass is 127. The summed E-state index contributed by atoms with van der Waals surface area (Å²) in [6.07, 6.45) is 21.5. The highest BCUT2D eigenvalue weighted by molar-refractivity contribution is 14.1. The molecule has 8 fully saturated rings. The van der Waals surface area contributed by atoms with E-state index in [-0.39, 0.29) is 16.6 Å². The standard InChI is InChI=1S/C46H38N4O.C33H30N2O.C13H9BrN2.CH3I/c1-2-9-32(10-3-1)46(34-22-30-21-31(24-34)25-35(46)23-30)33-19-20-47-45(26-33)50-42-15-6-4-13-39(42)40-18-17-38(28-44(40)50)51-37-12-8-11-36(27-37)49-29-48-41-14-5-7-16-43(41)49;36-27-10-11-29-28-8-4-5-9-30(28)35(31(29)20-27)32-19-24(12-13-34-32)33(23-6-2-1-3-7-23)25-15-21-14-22(17-25)18-26(33)16-21;14-10-4-3-5-11(8-10)16-9-15-12-6-1-2-7-13(12)16;1-2/h1-20,26-31,34-35H,21-25H2;1-13,19-22,25-26,36H,14-18H2;1-9H;1H3. The van der Waals surface area contributed by atoms with Gasteiger partial charge < -0.3 is 9.84 Å². The molecule has 0 saturated heterocycles. The van der Waals surface area contributed by atoms with Crippen molar-refractivity contribution in [2.75, 3.05) is 4.93 Å². The van der Waals surface area contributed by atoms with Crippen LogP contribution >= 0.6 is 38.5 Å². The molecule has 24 rings (SSSR count). The number of phenols is 1. The summed E-state index contributed by atoms with van der Waals surface area (Å²) in [6, 6.07) is 94.3. The number of aromatic hydroxyl groups is 1. The third kappa shape index (κ3) is 11.2. The molecule has 0 amide bonds. The number of imidazole rings is 2. The quantitative estimate of drug-likeness (QED) is 0.108. The van der Waals surface area contributed by atoms with Gasteiger partial charge in [0.2, 0.25) is 0 Å². The Kier molecular flexibility index (Phi) is 16.9. The van der Waals surface area contributed by atoms with Gasteiger partial charge in [-0.1, -0.05) is 172 Å². The number of pyridine rings is 2. The molecule has 6 heterocycles. The lowest BCUT2D eigenvalue weighted by Gasteiger charge is -2.62. The highest BCUT2D eigenvalue weighted by Crippen LogP contribution is 2.67. The summed E-state index contributed by atoms with van der Waals surface area (Å²) < 4.78 is 16.5. The van der Waals surface area contributed by atoms with Crippen molar-refractivity contribution in [2.24, 2.45) is 47.3 Å². The lowest BCUT2D eigenvalue weighted by Crippen LogP contribution is -2.56. The first-order chi connectivity index (χ1) is 51.8. The van der Waals surface area contributed by atoms with Crippen molar-refractivity contribution >= 4 is 104 Å². The smallest absolute Gasteiger partial charge is 0.137 e. The Labute approximate surface area is 633 Å². The van der Waals surface area contributed by atoms with Crippen LogP contribution in [0.5, 0.6) is 17.2 Å². The van der Waals surface area contributed by atoms with Crippen LogP contribution in [0.15, 0.2) is 296 Å². The van der Waals surface area contributed by atoms with Crippen molar-refractivity contribution in [2.45, 2.75) is 75.0 Å². The first kappa shape index (κ1) is 65.6. The number of hydrogen-bond donors (Lipinski definition) is 1. The number of benzene rings is 10. The van der Waals surface area contributed by atoms with Gasteiger partial charge >= 0.3 is 0 Å². The number of para-hydroxylation sites is 6. The Morgan fingerprint density at radius 1 is 0.352 bits per heavy atom. The van der Waals surface area contributed by atoms with E-state index in [1.165, 1.54) is 103 Å². The van der Waals surface area contributed by atoms with Crippen LogP contribution in [0, 0.1) is 47.3 Å². The summed E-state index contributed by atoms with van der Waals surface area (Å²) in [6.45, 7) is 0. The molecule has 10 nitrogen and oxygen atoms in total. The molecular formula is C93H80BrIN8O2. The zero-order valence-corrected chi connectivity index (χ0v) is 62.3. The molecule has 16 aromatic rings. The van der Waals surface area contributed by atoms with Crippen molar-refractivity contribution in [3.8, 4) is 40.3 Å². The summed E-state index contributed by atoms with van der Waals surface area (Å²) in [7, 11) is 0. The van der Waals surface area contributed by atoms with Crippen molar-refractivity contribution in [1.82, 2.24) is 38.2 Å². The molecule has 105 heavy (non-hydrogen) atoms. The fourth-order valence-electron chi connectivity index (χ4n) is 21.4. The Balaban J connectivity index is 0.000000121. The van der Waals surface area contributed by atoms with Crippen molar-refractivity contribution < 1.29 is 9.84 Å². The minimum Gasteiger partial charge on any atom is -0.508 e. The van der Waals surface area contributed by atoms with E-state index in [4.69, 9.17) is 14.7 Å². The zero-order chi connectivity index (χ0) is 70.3. The van der Waals surface area contributed by atoms with E-state index in [0.717, 1.165) is 112 Å². The lowest BCUT2D eigenvalue weighted by atomic mass is 9.42. The first-order valence-corrected chi connectivity index (χ1v) is 40.3. The average Bonchev–Trinajstić information content (AvgIpc) is 0.839. The molecule has 12 heteroatoms.